The van der Waals surface area contributed by atoms with Gasteiger partial charge in [-0.1, -0.05) is 36.4 Å². The van der Waals surface area contributed by atoms with Gasteiger partial charge in [0.2, 0.25) is 17.1 Å². The lowest BCUT2D eigenvalue weighted by Gasteiger charge is -2.28. The van der Waals surface area contributed by atoms with Crippen molar-refractivity contribution < 1.29 is 17.5 Å². The van der Waals surface area contributed by atoms with Crippen molar-refractivity contribution in [3.63, 3.8) is 0 Å². The highest BCUT2D eigenvalue weighted by molar-refractivity contribution is 7.86. The van der Waals surface area contributed by atoms with E-state index in [0.29, 0.717) is 5.39 Å². The fraction of sp³-hybridized carbons (Fsp3) is 0.286. The summed E-state index contributed by atoms with van der Waals surface area (Å²) in [7, 11) is -4.38. The van der Waals surface area contributed by atoms with Gasteiger partial charge >= 0.3 is 0 Å². The van der Waals surface area contributed by atoms with Crippen molar-refractivity contribution in [2.45, 2.75) is 60.3 Å². The lowest BCUT2D eigenvalue weighted by Crippen LogP contribution is -2.23. The molecule has 0 radical (unpaired) electrons. The molecule has 0 heterocycles. The van der Waals surface area contributed by atoms with Crippen LogP contribution in [0.3, 0.4) is 0 Å². The molecule has 0 fully saturated rings. The summed E-state index contributed by atoms with van der Waals surface area (Å²) in [6, 6.07) is 47.6. The minimum absolute atomic E-state index is 0.157. The topological polar surface area (TPSA) is 76.2 Å². The molecule has 0 saturated heterocycles. The first-order valence-electron chi connectivity index (χ1n) is 23.6. The highest BCUT2D eigenvalue weighted by atomic mass is 32.2. The molecule has 1 aliphatic carbocycles. The van der Waals surface area contributed by atoms with Crippen molar-refractivity contribution in [3.05, 3.63) is 164 Å². The molecule has 1 aliphatic rings. The molecule has 0 bridgehead atoms. The molecule has 66 heavy (non-hydrogen) atoms. The molecule has 6 aromatic carbocycles. The number of benzene rings is 6. The Labute approximate surface area is 394 Å². The molecule has 0 amide bonds. The third-order valence-corrected chi connectivity index (χ3v) is 13.2. The van der Waals surface area contributed by atoms with Crippen LogP contribution in [-0.4, -0.2) is 81.3 Å². The second kappa shape index (κ2) is 23.1. The molecular weight excluding hydrogens is 837 g/mol. The van der Waals surface area contributed by atoms with Gasteiger partial charge in [-0.05, 0) is 145 Å². The number of hydrogen-bond donors (Lipinski definition) is 0. The average molecular weight is 904 g/mol. The number of anilines is 6. The smallest absolute Gasteiger partial charge is 0.212 e. The van der Waals surface area contributed by atoms with Crippen LogP contribution >= 0.6 is 0 Å². The SMILES string of the molecule is CCN(CC)c1ccc(N(c2ccc(N(CC)CC)cc2)c2ccc([N+](=C3C=CC(=[N+](CC)CC)C=C3)c3ccc(N(CC)CC)cc3)cc2)cc1.O=S(=O)([O-])c1cccc2ccccc12. The van der Waals surface area contributed by atoms with Gasteiger partial charge in [0.25, 0.3) is 0 Å². The van der Waals surface area contributed by atoms with E-state index in [1.54, 1.807) is 36.4 Å². The highest BCUT2D eigenvalue weighted by Gasteiger charge is 2.23. The fourth-order valence-electron chi connectivity index (χ4n) is 8.66. The molecule has 0 aromatic heterocycles. The quantitative estimate of drug-likeness (QED) is 0.0513. The summed E-state index contributed by atoms with van der Waals surface area (Å²) in [5.41, 5.74) is 11.8. The Bertz CT molecular complexity index is 2660. The van der Waals surface area contributed by atoms with Crippen LogP contribution in [0, 0.1) is 0 Å². The van der Waals surface area contributed by atoms with Crippen LogP contribution in [0.2, 0.25) is 0 Å². The largest absolute Gasteiger partial charge is 0.744 e. The van der Waals surface area contributed by atoms with E-state index in [4.69, 9.17) is 0 Å². The predicted octanol–water partition coefficient (Wildman–Crippen LogP) is 12.3. The van der Waals surface area contributed by atoms with Gasteiger partial charge in [-0.25, -0.2) is 13.0 Å². The van der Waals surface area contributed by atoms with Crippen molar-refractivity contribution in [1.29, 1.82) is 0 Å². The van der Waals surface area contributed by atoms with Gasteiger partial charge in [0.1, 0.15) is 23.2 Å². The van der Waals surface area contributed by atoms with Gasteiger partial charge in [-0.2, -0.15) is 4.58 Å². The fourth-order valence-corrected chi connectivity index (χ4v) is 9.36. The first-order chi connectivity index (χ1) is 32.0. The van der Waals surface area contributed by atoms with Crippen molar-refractivity contribution >= 4 is 77.8 Å². The van der Waals surface area contributed by atoms with E-state index in [-0.39, 0.29) is 4.90 Å². The number of hydrogen-bond acceptors (Lipinski definition) is 7. The molecule has 0 unspecified atom stereocenters. The van der Waals surface area contributed by atoms with Crippen LogP contribution < -0.4 is 24.2 Å². The van der Waals surface area contributed by atoms with Crippen LogP contribution in [0.25, 0.3) is 10.8 Å². The summed E-state index contributed by atoms with van der Waals surface area (Å²) in [5, 5.41) is 1.23. The lowest BCUT2D eigenvalue weighted by molar-refractivity contribution is -0.519. The zero-order valence-corrected chi connectivity index (χ0v) is 40.9. The molecular formula is C56H67N6O3S+. The van der Waals surface area contributed by atoms with E-state index in [1.165, 1.54) is 28.8 Å². The van der Waals surface area contributed by atoms with Crippen molar-refractivity contribution in [1.82, 2.24) is 4.58 Å². The van der Waals surface area contributed by atoms with Crippen LogP contribution in [0.5, 0.6) is 0 Å². The number of fused-ring (bicyclic) bond motifs is 1. The molecule has 0 spiro atoms. The van der Waals surface area contributed by atoms with Crippen LogP contribution in [0.15, 0.2) is 169 Å². The normalized spacial score (nSPS) is 12.1. The minimum Gasteiger partial charge on any atom is -0.744 e. The van der Waals surface area contributed by atoms with Gasteiger partial charge in [0.05, 0.1) is 4.90 Å². The van der Waals surface area contributed by atoms with E-state index in [1.807, 2.05) is 0 Å². The maximum atomic E-state index is 10.9. The first-order valence-corrected chi connectivity index (χ1v) is 25.0. The molecule has 344 valence electrons. The second-order valence-electron chi connectivity index (χ2n) is 15.9. The minimum atomic E-state index is -4.38. The monoisotopic (exact) mass is 903 g/mol. The van der Waals surface area contributed by atoms with Gasteiger partial charge in [0.15, 0.2) is 5.71 Å². The summed E-state index contributed by atoms with van der Waals surface area (Å²) >= 11 is 0. The Kier molecular flexibility index (Phi) is 17.1. The Morgan fingerprint density at radius 1 is 0.424 bits per heavy atom. The lowest BCUT2D eigenvalue weighted by atomic mass is 10.1. The number of rotatable bonds is 17. The summed E-state index contributed by atoms with van der Waals surface area (Å²) in [6.07, 6.45) is 9.00. The van der Waals surface area contributed by atoms with Crippen molar-refractivity contribution in [3.8, 4) is 0 Å². The van der Waals surface area contributed by atoms with Gasteiger partial charge < -0.3 is 24.2 Å². The van der Waals surface area contributed by atoms with Gasteiger partial charge in [-0.3, -0.25) is 0 Å². The van der Waals surface area contributed by atoms with E-state index in [9.17, 15) is 13.0 Å². The standard InChI is InChI=1S/C46H60N6.C10H8O3S/c1-9-47(10-2)37-17-25-41(26-18-37)51(42-27-19-38(20-28-42)48(11-3)12-4)45-33-35-46(36-34-45)52(43-29-21-39(22-30-43)49(13-5)14-6)44-31-23-40(24-32-44)50(15-7)16-8;11-14(12,13)10-7-3-5-8-4-1-2-6-9(8)10/h17-36H,9-16H2,1-8H3;1-7H,(H,11,12,13)/q+2;/p-1. The van der Waals surface area contributed by atoms with E-state index in [0.717, 1.165) is 91.9 Å². The Hall–Kier alpha value is -6.49. The summed E-state index contributed by atoms with van der Waals surface area (Å²) < 4.78 is 37.4. The van der Waals surface area contributed by atoms with Crippen molar-refractivity contribution in [2.24, 2.45) is 0 Å². The second-order valence-corrected chi connectivity index (χ2v) is 17.2. The number of allylic oxidation sites excluding steroid dienone is 4. The third kappa shape index (κ3) is 11.5. The zero-order chi connectivity index (χ0) is 47.2. The third-order valence-electron chi connectivity index (χ3n) is 12.3. The molecule has 0 N–H and O–H groups in total. The summed E-state index contributed by atoms with van der Waals surface area (Å²) in [4.78, 5) is 9.37. The Morgan fingerprint density at radius 2 is 0.773 bits per heavy atom. The zero-order valence-electron chi connectivity index (χ0n) is 40.1. The summed E-state index contributed by atoms with van der Waals surface area (Å²) in [5.74, 6) is 0. The Morgan fingerprint density at radius 3 is 1.17 bits per heavy atom. The molecule has 0 saturated carbocycles. The van der Waals surface area contributed by atoms with Crippen LogP contribution in [0.4, 0.5) is 45.5 Å². The van der Waals surface area contributed by atoms with Gasteiger partial charge in [0, 0.05) is 122 Å². The Balaban J connectivity index is 0.000000435. The molecule has 0 atom stereocenters. The predicted molar refractivity (Wildman–Crippen MR) is 281 cm³/mol. The van der Waals surface area contributed by atoms with Crippen LogP contribution in [-0.2, 0) is 10.1 Å². The molecule has 0 aliphatic heterocycles. The molecule has 7 rings (SSSR count). The van der Waals surface area contributed by atoms with E-state index < -0.39 is 10.1 Å². The van der Waals surface area contributed by atoms with E-state index >= 15 is 0 Å². The number of nitrogens with zero attached hydrogens (tertiary/aromatic N) is 6. The molecule has 6 aromatic rings. The van der Waals surface area contributed by atoms with Gasteiger partial charge in [-0.15, -0.1) is 0 Å². The maximum Gasteiger partial charge on any atom is 0.212 e. The van der Waals surface area contributed by atoms with Crippen molar-refractivity contribution in [2.75, 3.05) is 72.0 Å². The molecule has 9 nitrogen and oxygen atoms in total. The average Bonchev–Trinajstić information content (AvgIpc) is 3.35. The molecule has 10 heteroatoms. The highest BCUT2D eigenvalue weighted by Crippen LogP contribution is 2.38. The maximum absolute atomic E-state index is 10.9. The van der Waals surface area contributed by atoms with Crippen LogP contribution in [0.1, 0.15) is 55.4 Å². The first kappa shape index (κ1) is 49.0. The summed E-state index contributed by atoms with van der Waals surface area (Å²) in [6.45, 7) is 25.6. The van der Waals surface area contributed by atoms with E-state index in [2.05, 4.69) is 206 Å².